The van der Waals surface area contributed by atoms with Crippen molar-refractivity contribution in [3.63, 3.8) is 0 Å². The SMILES string of the molecule is COc1ccc(N)c(S(=O)(=O)Cc2cccnc2C#N)c1. The molecule has 108 valence electrons. The number of sulfone groups is 1. The predicted molar refractivity (Wildman–Crippen MR) is 77.2 cm³/mol. The zero-order valence-corrected chi connectivity index (χ0v) is 12.1. The van der Waals surface area contributed by atoms with Gasteiger partial charge in [-0.2, -0.15) is 5.26 Å². The molecule has 0 amide bonds. The van der Waals surface area contributed by atoms with Gasteiger partial charge < -0.3 is 10.5 Å². The second kappa shape index (κ2) is 5.81. The number of rotatable bonds is 4. The number of hydrogen-bond donors (Lipinski definition) is 1. The van der Waals surface area contributed by atoms with Crippen molar-refractivity contribution in [2.45, 2.75) is 10.6 Å². The monoisotopic (exact) mass is 303 g/mol. The molecule has 0 bridgehead atoms. The van der Waals surface area contributed by atoms with Crippen LogP contribution in [0.15, 0.2) is 41.4 Å². The molecular weight excluding hydrogens is 290 g/mol. The Morgan fingerprint density at radius 2 is 2.14 bits per heavy atom. The third-order valence-electron chi connectivity index (χ3n) is 2.90. The number of nitriles is 1. The van der Waals surface area contributed by atoms with Crippen LogP contribution in [-0.2, 0) is 15.6 Å². The number of pyridine rings is 1. The highest BCUT2D eigenvalue weighted by molar-refractivity contribution is 7.90. The van der Waals surface area contributed by atoms with E-state index in [9.17, 15) is 8.42 Å². The maximum Gasteiger partial charge on any atom is 0.184 e. The molecule has 21 heavy (non-hydrogen) atoms. The van der Waals surface area contributed by atoms with E-state index in [4.69, 9.17) is 15.7 Å². The van der Waals surface area contributed by atoms with Crippen molar-refractivity contribution >= 4 is 15.5 Å². The first-order valence-electron chi connectivity index (χ1n) is 5.98. The van der Waals surface area contributed by atoms with E-state index < -0.39 is 9.84 Å². The van der Waals surface area contributed by atoms with Gasteiger partial charge in [0.05, 0.1) is 23.4 Å². The van der Waals surface area contributed by atoms with Crippen molar-refractivity contribution in [1.29, 1.82) is 5.26 Å². The number of nitrogen functional groups attached to an aromatic ring is 1. The lowest BCUT2D eigenvalue weighted by molar-refractivity contribution is 0.413. The molecule has 1 heterocycles. The third-order valence-corrected chi connectivity index (χ3v) is 4.61. The summed E-state index contributed by atoms with van der Waals surface area (Å²) in [5, 5.41) is 8.97. The topological polar surface area (TPSA) is 106 Å². The summed E-state index contributed by atoms with van der Waals surface area (Å²) in [5.74, 6) is 0.0515. The summed E-state index contributed by atoms with van der Waals surface area (Å²) in [6.45, 7) is 0. The Morgan fingerprint density at radius 1 is 1.38 bits per heavy atom. The van der Waals surface area contributed by atoms with Crippen LogP contribution in [0.2, 0.25) is 0 Å². The molecule has 6 nitrogen and oxygen atoms in total. The Morgan fingerprint density at radius 3 is 2.81 bits per heavy atom. The summed E-state index contributed by atoms with van der Waals surface area (Å²) in [5.41, 5.74) is 6.30. The summed E-state index contributed by atoms with van der Waals surface area (Å²) in [6.07, 6.45) is 1.44. The summed E-state index contributed by atoms with van der Waals surface area (Å²) in [6, 6.07) is 9.44. The highest BCUT2D eigenvalue weighted by atomic mass is 32.2. The number of nitrogens with zero attached hydrogens (tertiary/aromatic N) is 2. The first-order chi connectivity index (χ1) is 9.97. The molecule has 1 aromatic heterocycles. The second-order valence-electron chi connectivity index (χ2n) is 4.29. The Kier molecular flexibility index (Phi) is 4.10. The molecule has 0 aliphatic heterocycles. The average molecular weight is 303 g/mol. The zero-order chi connectivity index (χ0) is 15.5. The number of hydrogen-bond acceptors (Lipinski definition) is 6. The van der Waals surface area contributed by atoms with Gasteiger partial charge in [-0.15, -0.1) is 0 Å². The van der Waals surface area contributed by atoms with Crippen LogP contribution in [-0.4, -0.2) is 20.5 Å². The van der Waals surface area contributed by atoms with Gasteiger partial charge in [0.15, 0.2) is 9.84 Å². The molecular formula is C14H13N3O3S. The van der Waals surface area contributed by atoms with E-state index in [-0.39, 0.29) is 22.0 Å². The van der Waals surface area contributed by atoms with Crippen molar-refractivity contribution in [2.24, 2.45) is 0 Å². The molecule has 2 N–H and O–H groups in total. The number of anilines is 1. The minimum Gasteiger partial charge on any atom is -0.497 e. The third kappa shape index (κ3) is 3.12. The molecule has 1 aromatic carbocycles. The van der Waals surface area contributed by atoms with Gasteiger partial charge in [-0.1, -0.05) is 6.07 Å². The van der Waals surface area contributed by atoms with Crippen LogP contribution in [0.4, 0.5) is 5.69 Å². The first-order valence-corrected chi connectivity index (χ1v) is 7.63. The van der Waals surface area contributed by atoms with Crippen LogP contribution in [0, 0.1) is 11.3 Å². The van der Waals surface area contributed by atoms with Crippen LogP contribution in [0.1, 0.15) is 11.3 Å². The highest BCUT2D eigenvalue weighted by Gasteiger charge is 2.21. The van der Waals surface area contributed by atoms with Crippen LogP contribution in [0.3, 0.4) is 0 Å². The molecule has 0 spiro atoms. The fourth-order valence-electron chi connectivity index (χ4n) is 1.85. The van der Waals surface area contributed by atoms with Crippen molar-refractivity contribution in [1.82, 2.24) is 4.98 Å². The molecule has 0 saturated carbocycles. The Balaban J connectivity index is 2.46. The van der Waals surface area contributed by atoms with Gasteiger partial charge in [-0.3, -0.25) is 0 Å². The minimum atomic E-state index is -3.71. The minimum absolute atomic E-state index is 0.0189. The maximum atomic E-state index is 12.5. The van der Waals surface area contributed by atoms with Crippen molar-refractivity contribution < 1.29 is 13.2 Å². The van der Waals surface area contributed by atoms with E-state index in [1.807, 2.05) is 6.07 Å². The Bertz CT molecular complexity index is 810. The van der Waals surface area contributed by atoms with Gasteiger partial charge in [0, 0.05) is 17.8 Å². The first kappa shape index (κ1) is 14.8. The van der Waals surface area contributed by atoms with E-state index in [0.29, 0.717) is 11.3 Å². The van der Waals surface area contributed by atoms with Crippen LogP contribution >= 0.6 is 0 Å². The highest BCUT2D eigenvalue weighted by Crippen LogP contribution is 2.27. The summed E-state index contributed by atoms with van der Waals surface area (Å²) < 4.78 is 30.0. The fourth-order valence-corrected chi connectivity index (χ4v) is 3.37. The molecule has 0 fully saturated rings. The number of benzene rings is 1. The smallest absolute Gasteiger partial charge is 0.184 e. The van der Waals surface area contributed by atoms with Gasteiger partial charge >= 0.3 is 0 Å². The maximum absolute atomic E-state index is 12.5. The van der Waals surface area contributed by atoms with Crippen molar-refractivity contribution in [3.05, 3.63) is 47.8 Å². The van der Waals surface area contributed by atoms with Gasteiger partial charge in [-0.25, -0.2) is 13.4 Å². The number of methoxy groups -OCH3 is 1. The summed E-state index contributed by atoms with van der Waals surface area (Å²) in [7, 11) is -2.26. The van der Waals surface area contributed by atoms with E-state index in [0.717, 1.165) is 0 Å². The number of ether oxygens (including phenoxy) is 1. The normalized spacial score (nSPS) is 10.9. The lowest BCUT2D eigenvalue weighted by Crippen LogP contribution is -2.09. The standard InChI is InChI=1S/C14H13N3O3S/c1-20-11-4-5-12(16)14(7-11)21(18,19)9-10-3-2-6-17-13(10)8-15/h2-7H,9,16H2,1H3. The fraction of sp³-hybridized carbons (Fsp3) is 0.143. The van der Waals surface area contributed by atoms with Crippen LogP contribution in [0.25, 0.3) is 0 Å². The molecule has 0 aliphatic carbocycles. The largest absolute Gasteiger partial charge is 0.497 e. The summed E-state index contributed by atoms with van der Waals surface area (Å²) >= 11 is 0. The van der Waals surface area contributed by atoms with Crippen molar-refractivity contribution in [2.75, 3.05) is 12.8 Å². The Labute approximate surface area is 122 Å². The number of nitrogens with two attached hydrogens (primary N) is 1. The van der Waals surface area contributed by atoms with Gasteiger partial charge in [0.25, 0.3) is 0 Å². The lowest BCUT2D eigenvalue weighted by atomic mass is 10.2. The van der Waals surface area contributed by atoms with E-state index in [2.05, 4.69) is 4.98 Å². The molecule has 0 aliphatic rings. The van der Waals surface area contributed by atoms with Crippen LogP contribution in [0.5, 0.6) is 5.75 Å². The summed E-state index contributed by atoms with van der Waals surface area (Å²) in [4.78, 5) is 3.83. The Hall–Kier alpha value is -2.59. The average Bonchev–Trinajstić information content (AvgIpc) is 2.47. The van der Waals surface area contributed by atoms with E-state index in [1.165, 1.54) is 25.4 Å². The zero-order valence-electron chi connectivity index (χ0n) is 11.3. The number of aromatic nitrogens is 1. The van der Waals surface area contributed by atoms with Gasteiger partial charge in [0.2, 0.25) is 0 Å². The quantitative estimate of drug-likeness (QED) is 0.858. The lowest BCUT2D eigenvalue weighted by Gasteiger charge is -2.10. The van der Waals surface area contributed by atoms with Gasteiger partial charge in [0.1, 0.15) is 17.5 Å². The second-order valence-corrected chi connectivity index (χ2v) is 6.24. The van der Waals surface area contributed by atoms with Crippen LogP contribution < -0.4 is 10.5 Å². The van der Waals surface area contributed by atoms with Gasteiger partial charge in [-0.05, 0) is 18.2 Å². The molecule has 7 heteroatoms. The predicted octanol–water partition coefficient (Wildman–Crippen LogP) is 1.52. The van der Waals surface area contributed by atoms with E-state index >= 15 is 0 Å². The molecule has 0 unspecified atom stereocenters. The molecule has 0 atom stereocenters. The van der Waals surface area contributed by atoms with E-state index in [1.54, 1.807) is 18.2 Å². The molecule has 2 aromatic rings. The molecule has 0 saturated heterocycles. The molecule has 0 radical (unpaired) electrons. The van der Waals surface area contributed by atoms with Crippen molar-refractivity contribution in [3.8, 4) is 11.8 Å². The molecule has 2 rings (SSSR count).